The van der Waals surface area contributed by atoms with E-state index in [0.717, 1.165) is 11.3 Å². The molecule has 2 aromatic heterocycles. The van der Waals surface area contributed by atoms with E-state index in [4.69, 9.17) is 0 Å². The lowest BCUT2D eigenvalue weighted by Gasteiger charge is -2.25. The molecule has 1 aliphatic heterocycles. The first kappa shape index (κ1) is 15.0. The van der Waals surface area contributed by atoms with Crippen molar-refractivity contribution in [3.8, 4) is 0 Å². The third-order valence-corrected chi connectivity index (χ3v) is 5.83. The van der Waals surface area contributed by atoms with Gasteiger partial charge in [-0.25, -0.2) is 13.1 Å². The summed E-state index contributed by atoms with van der Waals surface area (Å²) in [5, 5.41) is 11.9. The fourth-order valence-electron chi connectivity index (χ4n) is 2.74. The number of fused-ring (bicyclic) bond motifs is 1. The minimum atomic E-state index is -3.57. The Balaban J connectivity index is 1.55. The van der Waals surface area contributed by atoms with Crippen LogP contribution >= 0.6 is 0 Å². The Kier molecular flexibility index (Phi) is 3.66. The molecule has 0 N–H and O–H groups in total. The maximum absolute atomic E-state index is 12.8. The zero-order valence-corrected chi connectivity index (χ0v) is 13.7. The van der Waals surface area contributed by atoms with Crippen molar-refractivity contribution in [1.29, 1.82) is 0 Å². The van der Waals surface area contributed by atoms with Crippen molar-refractivity contribution >= 4 is 10.0 Å². The lowest BCUT2D eigenvalue weighted by Crippen LogP contribution is -2.38. The molecule has 3 heterocycles. The van der Waals surface area contributed by atoms with E-state index in [-0.39, 0.29) is 11.4 Å². The van der Waals surface area contributed by atoms with Crippen LogP contribution in [-0.4, -0.2) is 44.0 Å². The third kappa shape index (κ3) is 2.72. The third-order valence-electron chi connectivity index (χ3n) is 4.03. The van der Waals surface area contributed by atoms with Crippen LogP contribution in [0.4, 0.5) is 0 Å². The maximum Gasteiger partial charge on any atom is 0.246 e. The topological polar surface area (TPSA) is 85.9 Å². The summed E-state index contributed by atoms with van der Waals surface area (Å²) in [5.41, 5.74) is 1.86. The van der Waals surface area contributed by atoms with Gasteiger partial charge in [0.05, 0.1) is 37.7 Å². The van der Waals surface area contributed by atoms with Crippen molar-refractivity contribution in [2.24, 2.45) is 0 Å². The Morgan fingerprint density at radius 3 is 2.75 bits per heavy atom. The van der Waals surface area contributed by atoms with Crippen molar-refractivity contribution in [1.82, 2.24) is 29.1 Å². The zero-order valence-electron chi connectivity index (χ0n) is 12.9. The molecule has 0 saturated heterocycles. The summed E-state index contributed by atoms with van der Waals surface area (Å²) >= 11 is 0. The minimum absolute atomic E-state index is 0.208. The fourth-order valence-corrected chi connectivity index (χ4v) is 4.10. The van der Waals surface area contributed by atoms with Gasteiger partial charge in [-0.05, 0) is 5.56 Å². The van der Waals surface area contributed by atoms with Gasteiger partial charge in [0.1, 0.15) is 4.90 Å². The largest absolute Gasteiger partial charge is 0.267 e. The zero-order chi connectivity index (χ0) is 16.6. The summed E-state index contributed by atoms with van der Waals surface area (Å²) in [6.45, 7) is 1.70. The number of benzene rings is 1. The SMILES string of the molecule is O=S(=O)(c1cnn(Cc2ccccc2)c1)N1CCn2nncc2C1. The van der Waals surface area contributed by atoms with Crippen molar-refractivity contribution in [2.75, 3.05) is 6.54 Å². The summed E-state index contributed by atoms with van der Waals surface area (Å²) in [6, 6.07) is 9.80. The summed E-state index contributed by atoms with van der Waals surface area (Å²) < 4.78 is 30.4. The van der Waals surface area contributed by atoms with E-state index in [2.05, 4.69) is 15.4 Å². The molecule has 1 aromatic carbocycles. The molecule has 0 saturated carbocycles. The number of sulfonamides is 1. The molecule has 3 aromatic rings. The number of nitrogens with zero attached hydrogens (tertiary/aromatic N) is 6. The van der Waals surface area contributed by atoms with Gasteiger partial charge < -0.3 is 0 Å². The molecule has 124 valence electrons. The highest BCUT2D eigenvalue weighted by Crippen LogP contribution is 2.20. The van der Waals surface area contributed by atoms with Gasteiger partial charge in [-0.1, -0.05) is 35.5 Å². The molecule has 0 atom stereocenters. The van der Waals surface area contributed by atoms with Gasteiger partial charge in [0.2, 0.25) is 10.0 Å². The molecule has 0 spiro atoms. The predicted molar refractivity (Wildman–Crippen MR) is 85.4 cm³/mol. The normalized spacial score (nSPS) is 15.3. The monoisotopic (exact) mass is 344 g/mol. The molecule has 0 bridgehead atoms. The van der Waals surface area contributed by atoms with Gasteiger partial charge in [-0.3, -0.25) is 4.68 Å². The van der Waals surface area contributed by atoms with E-state index in [1.54, 1.807) is 21.8 Å². The first-order valence-electron chi connectivity index (χ1n) is 7.57. The highest BCUT2D eigenvalue weighted by atomic mass is 32.2. The molecule has 0 unspecified atom stereocenters. The second kappa shape index (κ2) is 5.84. The van der Waals surface area contributed by atoms with E-state index in [9.17, 15) is 8.42 Å². The summed E-state index contributed by atoms with van der Waals surface area (Å²) in [6.07, 6.45) is 4.58. The second-order valence-electron chi connectivity index (χ2n) is 5.65. The van der Waals surface area contributed by atoms with Crippen LogP contribution in [0.5, 0.6) is 0 Å². The smallest absolute Gasteiger partial charge is 0.246 e. The van der Waals surface area contributed by atoms with Gasteiger partial charge in [0.25, 0.3) is 0 Å². The van der Waals surface area contributed by atoms with Crippen molar-refractivity contribution in [3.05, 3.63) is 60.2 Å². The van der Waals surface area contributed by atoms with Crippen LogP contribution in [0.1, 0.15) is 11.3 Å². The maximum atomic E-state index is 12.8. The van der Waals surface area contributed by atoms with Crippen LogP contribution < -0.4 is 0 Å². The van der Waals surface area contributed by atoms with Gasteiger partial charge >= 0.3 is 0 Å². The van der Waals surface area contributed by atoms with Gasteiger partial charge in [0, 0.05) is 12.7 Å². The Bertz CT molecular complexity index is 947. The molecule has 1 aliphatic rings. The van der Waals surface area contributed by atoms with Crippen molar-refractivity contribution < 1.29 is 8.42 Å². The van der Waals surface area contributed by atoms with E-state index in [1.165, 1.54) is 10.5 Å². The van der Waals surface area contributed by atoms with Crippen LogP contribution in [0, 0.1) is 0 Å². The van der Waals surface area contributed by atoms with Crippen LogP contribution in [-0.2, 0) is 29.7 Å². The standard InChI is InChI=1S/C15H16N6O2S/c22-24(23,20-6-7-21-14(11-20)8-16-18-21)15-9-17-19(12-15)10-13-4-2-1-3-5-13/h1-5,8-9,12H,6-7,10-11H2. The quantitative estimate of drug-likeness (QED) is 0.696. The number of rotatable bonds is 4. The molecule has 0 fully saturated rings. The molecule has 0 amide bonds. The molecule has 8 nitrogen and oxygen atoms in total. The molecule has 0 radical (unpaired) electrons. The second-order valence-corrected chi connectivity index (χ2v) is 7.58. The first-order valence-corrected chi connectivity index (χ1v) is 9.01. The number of hydrogen-bond donors (Lipinski definition) is 0. The van der Waals surface area contributed by atoms with Crippen LogP contribution in [0.2, 0.25) is 0 Å². The Morgan fingerprint density at radius 1 is 1.08 bits per heavy atom. The molecule has 0 aliphatic carbocycles. The van der Waals surface area contributed by atoms with Gasteiger partial charge in [-0.2, -0.15) is 9.40 Å². The minimum Gasteiger partial charge on any atom is -0.267 e. The average Bonchev–Trinajstić information content (AvgIpc) is 3.24. The highest BCUT2D eigenvalue weighted by Gasteiger charge is 2.30. The Labute approximate surface area is 139 Å². The molecular formula is C15H16N6O2S. The van der Waals surface area contributed by atoms with Crippen LogP contribution in [0.3, 0.4) is 0 Å². The lowest BCUT2D eigenvalue weighted by molar-refractivity contribution is 0.324. The van der Waals surface area contributed by atoms with Crippen molar-refractivity contribution in [2.45, 2.75) is 24.5 Å². The number of hydrogen-bond acceptors (Lipinski definition) is 5. The van der Waals surface area contributed by atoms with Crippen molar-refractivity contribution in [3.63, 3.8) is 0 Å². The van der Waals surface area contributed by atoms with E-state index in [1.807, 2.05) is 30.3 Å². The number of aromatic nitrogens is 5. The molecule has 24 heavy (non-hydrogen) atoms. The lowest BCUT2D eigenvalue weighted by atomic mass is 10.2. The molecular weight excluding hydrogens is 328 g/mol. The van der Waals surface area contributed by atoms with E-state index >= 15 is 0 Å². The summed E-state index contributed by atoms with van der Waals surface area (Å²) in [7, 11) is -3.57. The first-order chi connectivity index (χ1) is 11.6. The predicted octanol–water partition coefficient (Wildman–Crippen LogP) is 0.727. The fraction of sp³-hybridized carbons (Fsp3) is 0.267. The van der Waals surface area contributed by atoms with E-state index < -0.39 is 10.0 Å². The Hall–Kier alpha value is -2.52. The van der Waals surface area contributed by atoms with Crippen LogP contribution in [0.15, 0.2) is 53.8 Å². The van der Waals surface area contributed by atoms with E-state index in [0.29, 0.717) is 19.6 Å². The molecule has 4 rings (SSSR count). The summed E-state index contributed by atoms with van der Waals surface area (Å²) in [5.74, 6) is 0. The van der Waals surface area contributed by atoms with Crippen LogP contribution in [0.25, 0.3) is 0 Å². The summed E-state index contributed by atoms with van der Waals surface area (Å²) in [4.78, 5) is 0.208. The highest BCUT2D eigenvalue weighted by molar-refractivity contribution is 7.89. The van der Waals surface area contributed by atoms with Gasteiger partial charge in [0.15, 0.2) is 0 Å². The average molecular weight is 344 g/mol. The molecule has 9 heteroatoms. The van der Waals surface area contributed by atoms with Gasteiger partial charge in [-0.15, -0.1) is 5.10 Å². The Morgan fingerprint density at radius 2 is 1.92 bits per heavy atom.